The zero-order valence-corrected chi connectivity index (χ0v) is 12.9. The molecular formula is C16H18F3NS. The molecule has 0 spiro atoms. The van der Waals surface area contributed by atoms with Gasteiger partial charge in [-0.3, -0.25) is 0 Å². The Morgan fingerprint density at radius 2 is 1.90 bits per heavy atom. The van der Waals surface area contributed by atoms with Crippen molar-refractivity contribution in [2.24, 2.45) is 0 Å². The van der Waals surface area contributed by atoms with E-state index in [9.17, 15) is 13.2 Å². The molecule has 1 aromatic carbocycles. The van der Waals surface area contributed by atoms with E-state index < -0.39 is 11.7 Å². The first-order valence-corrected chi connectivity index (χ1v) is 7.71. The monoisotopic (exact) mass is 313 g/mol. The van der Waals surface area contributed by atoms with E-state index in [1.54, 1.807) is 11.3 Å². The maximum atomic E-state index is 12.8. The SMILES string of the molecule is CCCNCc1ccc(-c2cc(C(F)(F)F)ccc2C)s1. The average Bonchev–Trinajstić information content (AvgIpc) is 2.87. The fourth-order valence-corrected chi connectivity index (χ4v) is 3.13. The molecule has 0 aliphatic rings. The summed E-state index contributed by atoms with van der Waals surface area (Å²) in [5.74, 6) is 0. The van der Waals surface area contributed by atoms with Crippen LogP contribution in [0.4, 0.5) is 13.2 Å². The molecule has 1 nitrogen and oxygen atoms in total. The number of aryl methyl sites for hydroxylation is 1. The lowest BCUT2D eigenvalue weighted by Crippen LogP contribution is -2.12. The molecule has 0 saturated carbocycles. The summed E-state index contributed by atoms with van der Waals surface area (Å²) < 4.78 is 38.5. The van der Waals surface area contributed by atoms with E-state index in [2.05, 4.69) is 12.2 Å². The zero-order valence-electron chi connectivity index (χ0n) is 12.1. The molecule has 1 N–H and O–H groups in total. The first-order valence-electron chi connectivity index (χ1n) is 6.89. The molecule has 0 aliphatic heterocycles. The van der Waals surface area contributed by atoms with Gasteiger partial charge in [0.25, 0.3) is 0 Å². The van der Waals surface area contributed by atoms with Crippen molar-refractivity contribution in [3.63, 3.8) is 0 Å². The van der Waals surface area contributed by atoms with E-state index in [0.717, 1.165) is 40.9 Å². The van der Waals surface area contributed by atoms with Crippen LogP contribution in [0.3, 0.4) is 0 Å². The van der Waals surface area contributed by atoms with Gasteiger partial charge in [-0.1, -0.05) is 13.0 Å². The van der Waals surface area contributed by atoms with Gasteiger partial charge in [0.15, 0.2) is 0 Å². The van der Waals surface area contributed by atoms with E-state index in [1.165, 1.54) is 12.1 Å². The molecule has 114 valence electrons. The van der Waals surface area contributed by atoms with Gasteiger partial charge in [0.1, 0.15) is 0 Å². The highest BCUT2D eigenvalue weighted by molar-refractivity contribution is 7.15. The maximum Gasteiger partial charge on any atom is 0.416 e. The number of thiophene rings is 1. The standard InChI is InChI=1S/C16H18F3NS/c1-3-8-20-10-13-6-7-15(21-13)14-9-12(16(17,18)19)5-4-11(14)2/h4-7,9,20H,3,8,10H2,1-2H3. The predicted octanol–water partition coefficient (Wildman–Crippen LogP) is 5.24. The van der Waals surface area contributed by atoms with Crippen molar-refractivity contribution in [2.75, 3.05) is 6.54 Å². The van der Waals surface area contributed by atoms with E-state index in [4.69, 9.17) is 0 Å². The summed E-state index contributed by atoms with van der Waals surface area (Å²) in [6, 6.07) is 7.78. The van der Waals surface area contributed by atoms with Crippen LogP contribution in [-0.4, -0.2) is 6.54 Å². The molecule has 0 fully saturated rings. The van der Waals surface area contributed by atoms with Crippen molar-refractivity contribution in [1.82, 2.24) is 5.32 Å². The molecule has 0 atom stereocenters. The fraction of sp³-hybridized carbons (Fsp3) is 0.375. The minimum Gasteiger partial charge on any atom is -0.312 e. The van der Waals surface area contributed by atoms with E-state index in [1.807, 2.05) is 19.1 Å². The Morgan fingerprint density at radius 3 is 2.57 bits per heavy atom. The Hall–Kier alpha value is -1.33. The maximum absolute atomic E-state index is 12.8. The number of alkyl halides is 3. The van der Waals surface area contributed by atoms with Gasteiger partial charge in [0.05, 0.1) is 5.56 Å². The summed E-state index contributed by atoms with van der Waals surface area (Å²) in [5.41, 5.74) is 0.927. The molecule has 0 aliphatic carbocycles. The normalized spacial score (nSPS) is 11.9. The first-order chi connectivity index (χ1) is 9.91. The molecular weight excluding hydrogens is 295 g/mol. The van der Waals surface area contributed by atoms with Gasteiger partial charge in [-0.15, -0.1) is 11.3 Å². The summed E-state index contributed by atoms with van der Waals surface area (Å²) in [4.78, 5) is 2.02. The summed E-state index contributed by atoms with van der Waals surface area (Å²) in [6.07, 6.45) is -3.24. The van der Waals surface area contributed by atoms with Crippen LogP contribution in [0, 0.1) is 6.92 Å². The lowest BCUT2D eigenvalue weighted by molar-refractivity contribution is -0.137. The predicted molar refractivity (Wildman–Crippen MR) is 81.5 cm³/mol. The lowest BCUT2D eigenvalue weighted by Gasteiger charge is -2.10. The van der Waals surface area contributed by atoms with E-state index >= 15 is 0 Å². The van der Waals surface area contributed by atoms with Crippen molar-refractivity contribution >= 4 is 11.3 Å². The second-order valence-electron chi connectivity index (χ2n) is 4.97. The van der Waals surface area contributed by atoms with Crippen molar-refractivity contribution in [1.29, 1.82) is 0 Å². The minimum absolute atomic E-state index is 0.595. The molecule has 2 aromatic rings. The van der Waals surface area contributed by atoms with Gasteiger partial charge >= 0.3 is 6.18 Å². The summed E-state index contributed by atoms with van der Waals surface area (Å²) in [5, 5.41) is 3.30. The highest BCUT2D eigenvalue weighted by Crippen LogP contribution is 2.36. The Kier molecular flexibility index (Phi) is 5.06. The van der Waals surface area contributed by atoms with Crippen LogP contribution in [0.5, 0.6) is 0 Å². The highest BCUT2D eigenvalue weighted by Gasteiger charge is 2.30. The number of halogens is 3. The average molecular weight is 313 g/mol. The summed E-state index contributed by atoms with van der Waals surface area (Å²) in [6.45, 7) is 5.63. The number of hydrogen-bond acceptors (Lipinski definition) is 2. The topological polar surface area (TPSA) is 12.0 Å². The molecule has 0 unspecified atom stereocenters. The van der Waals surface area contributed by atoms with Crippen molar-refractivity contribution in [3.05, 3.63) is 46.3 Å². The first kappa shape index (κ1) is 16.0. The summed E-state index contributed by atoms with van der Waals surface area (Å²) >= 11 is 1.54. The van der Waals surface area contributed by atoms with Crippen LogP contribution in [0.25, 0.3) is 10.4 Å². The number of hydrogen-bond donors (Lipinski definition) is 1. The van der Waals surface area contributed by atoms with Gasteiger partial charge in [-0.05, 0) is 55.3 Å². The Bertz CT molecular complexity index is 602. The molecule has 0 saturated heterocycles. The van der Waals surface area contributed by atoms with Gasteiger partial charge in [0, 0.05) is 16.3 Å². The minimum atomic E-state index is -4.30. The quantitative estimate of drug-likeness (QED) is 0.744. The van der Waals surface area contributed by atoms with Crippen LogP contribution >= 0.6 is 11.3 Å². The van der Waals surface area contributed by atoms with Crippen molar-refractivity contribution in [2.45, 2.75) is 33.0 Å². The fourth-order valence-electron chi connectivity index (χ4n) is 2.07. The molecule has 0 amide bonds. The van der Waals surface area contributed by atoms with Crippen LogP contribution in [-0.2, 0) is 12.7 Å². The Labute approximate surface area is 126 Å². The van der Waals surface area contributed by atoms with E-state index in [0.29, 0.717) is 5.56 Å². The highest BCUT2D eigenvalue weighted by atomic mass is 32.1. The van der Waals surface area contributed by atoms with Crippen LogP contribution in [0.2, 0.25) is 0 Å². The number of benzene rings is 1. The Morgan fingerprint density at radius 1 is 1.14 bits per heavy atom. The second-order valence-corrected chi connectivity index (χ2v) is 6.14. The summed E-state index contributed by atoms with van der Waals surface area (Å²) in [7, 11) is 0. The van der Waals surface area contributed by atoms with Gasteiger partial charge in [-0.2, -0.15) is 13.2 Å². The molecule has 5 heteroatoms. The van der Waals surface area contributed by atoms with Crippen LogP contribution in [0.15, 0.2) is 30.3 Å². The van der Waals surface area contributed by atoms with Gasteiger partial charge in [0.2, 0.25) is 0 Å². The van der Waals surface area contributed by atoms with Crippen LogP contribution < -0.4 is 5.32 Å². The van der Waals surface area contributed by atoms with Crippen LogP contribution in [0.1, 0.15) is 29.3 Å². The molecule has 1 aromatic heterocycles. The van der Waals surface area contributed by atoms with E-state index in [-0.39, 0.29) is 0 Å². The molecule has 21 heavy (non-hydrogen) atoms. The third-order valence-electron chi connectivity index (χ3n) is 3.22. The second kappa shape index (κ2) is 6.62. The molecule has 1 heterocycles. The Balaban J connectivity index is 2.25. The third kappa shape index (κ3) is 4.08. The smallest absolute Gasteiger partial charge is 0.312 e. The van der Waals surface area contributed by atoms with Crippen molar-refractivity contribution in [3.8, 4) is 10.4 Å². The largest absolute Gasteiger partial charge is 0.416 e. The molecule has 0 radical (unpaired) electrons. The lowest BCUT2D eigenvalue weighted by atomic mass is 10.0. The van der Waals surface area contributed by atoms with Crippen molar-refractivity contribution < 1.29 is 13.2 Å². The molecule has 2 rings (SSSR count). The zero-order chi connectivity index (χ0) is 15.5. The number of nitrogens with one attached hydrogen (secondary N) is 1. The van der Waals surface area contributed by atoms with Gasteiger partial charge < -0.3 is 5.32 Å². The van der Waals surface area contributed by atoms with Gasteiger partial charge in [-0.25, -0.2) is 0 Å². The third-order valence-corrected chi connectivity index (χ3v) is 4.34. The number of rotatable bonds is 5. The molecule has 0 bridgehead atoms.